The molecule has 2 rings (SSSR count). The highest BCUT2D eigenvalue weighted by Gasteiger charge is 2.19. The van der Waals surface area contributed by atoms with Gasteiger partial charge in [0, 0.05) is 32.7 Å². The Kier molecular flexibility index (Phi) is 7.79. The van der Waals surface area contributed by atoms with E-state index < -0.39 is 10.0 Å². The van der Waals surface area contributed by atoms with Crippen molar-refractivity contribution in [1.29, 1.82) is 0 Å². The molecule has 1 atom stereocenters. The van der Waals surface area contributed by atoms with E-state index in [1.54, 1.807) is 13.2 Å². The van der Waals surface area contributed by atoms with Crippen LogP contribution in [0.25, 0.3) is 0 Å². The lowest BCUT2D eigenvalue weighted by molar-refractivity contribution is -0.117. The molecule has 26 heavy (non-hydrogen) atoms. The average molecular weight is 386 g/mol. The zero-order valence-corrected chi connectivity index (χ0v) is 15.8. The summed E-state index contributed by atoms with van der Waals surface area (Å²) in [5, 5.41) is 9.13. The second-order valence-corrected chi connectivity index (χ2v) is 7.70. The van der Waals surface area contributed by atoms with Gasteiger partial charge in [0.05, 0.1) is 36.1 Å². The van der Waals surface area contributed by atoms with Crippen molar-refractivity contribution in [2.75, 3.05) is 57.7 Å². The van der Waals surface area contributed by atoms with Gasteiger partial charge in [-0.05, 0) is 25.2 Å². The molecular weight excluding hydrogens is 360 g/mol. The number of nitrogens with one attached hydrogen (secondary N) is 4. The van der Waals surface area contributed by atoms with Crippen molar-refractivity contribution in [3.8, 4) is 0 Å². The van der Waals surface area contributed by atoms with Gasteiger partial charge in [-0.15, -0.1) is 0 Å². The van der Waals surface area contributed by atoms with E-state index in [2.05, 4.69) is 20.7 Å². The van der Waals surface area contributed by atoms with E-state index in [4.69, 9.17) is 9.47 Å². The number of ether oxygens (including phenoxy) is 2. The molecule has 4 N–H and O–H groups in total. The molecule has 10 heteroatoms. The quantitative estimate of drug-likeness (QED) is 0.440. The predicted molar refractivity (Wildman–Crippen MR) is 98.9 cm³/mol. The third-order valence-corrected chi connectivity index (χ3v) is 5.31. The molecule has 0 aromatic heterocycles. The van der Waals surface area contributed by atoms with Gasteiger partial charge in [-0.3, -0.25) is 4.79 Å². The molecule has 0 saturated carbocycles. The summed E-state index contributed by atoms with van der Waals surface area (Å²) in [7, 11) is -0.682. The van der Waals surface area contributed by atoms with Crippen LogP contribution in [0.15, 0.2) is 23.1 Å². The lowest BCUT2D eigenvalue weighted by atomic mass is 10.2. The maximum absolute atomic E-state index is 12.4. The number of anilines is 2. The van der Waals surface area contributed by atoms with Gasteiger partial charge in [0.25, 0.3) is 0 Å². The van der Waals surface area contributed by atoms with Crippen molar-refractivity contribution in [3.05, 3.63) is 18.2 Å². The molecule has 0 aliphatic carbocycles. The second kappa shape index (κ2) is 9.83. The van der Waals surface area contributed by atoms with Crippen LogP contribution >= 0.6 is 0 Å². The Balaban J connectivity index is 2.15. The van der Waals surface area contributed by atoms with Crippen LogP contribution < -0.4 is 20.7 Å². The van der Waals surface area contributed by atoms with Crippen LogP contribution in [0.1, 0.15) is 6.42 Å². The summed E-state index contributed by atoms with van der Waals surface area (Å²) in [5.41, 5.74) is 1.03. The van der Waals surface area contributed by atoms with E-state index in [9.17, 15) is 13.2 Å². The highest BCUT2D eigenvalue weighted by molar-refractivity contribution is 7.89. The van der Waals surface area contributed by atoms with Crippen molar-refractivity contribution in [3.63, 3.8) is 0 Å². The number of morpholine rings is 1. The van der Waals surface area contributed by atoms with Gasteiger partial charge >= 0.3 is 0 Å². The lowest BCUT2D eigenvalue weighted by Crippen LogP contribution is -2.43. The number of hydrogen-bond donors (Lipinski definition) is 4. The third kappa shape index (κ3) is 5.92. The first-order valence-corrected chi connectivity index (χ1v) is 9.86. The van der Waals surface area contributed by atoms with E-state index in [1.807, 2.05) is 0 Å². The molecule has 0 bridgehead atoms. The normalized spacial score (nSPS) is 17.7. The second-order valence-electron chi connectivity index (χ2n) is 5.81. The molecule has 1 fully saturated rings. The number of amides is 1. The Hall–Kier alpha value is -1.72. The van der Waals surface area contributed by atoms with Gasteiger partial charge in [0.2, 0.25) is 15.9 Å². The first-order chi connectivity index (χ1) is 12.5. The maximum atomic E-state index is 12.4. The van der Waals surface area contributed by atoms with Gasteiger partial charge in [-0.25, -0.2) is 13.1 Å². The fraction of sp³-hybridized carbons (Fsp3) is 0.562. The highest BCUT2D eigenvalue weighted by atomic mass is 32.2. The van der Waals surface area contributed by atoms with Crippen molar-refractivity contribution >= 4 is 27.3 Å². The summed E-state index contributed by atoms with van der Waals surface area (Å²) < 4.78 is 36.7. The van der Waals surface area contributed by atoms with Crippen molar-refractivity contribution in [1.82, 2.24) is 10.0 Å². The Morgan fingerprint density at radius 1 is 1.38 bits per heavy atom. The van der Waals surface area contributed by atoms with E-state index in [1.165, 1.54) is 19.2 Å². The number of rotatable bonds is 9. The first-order valence-electron chi connectivity index (χ1n) is 8.37. The van der Waals surface area contributed by atoms with E-state index in [-0.39, 0.29) is 23.3 Å². The zero-order valence-electron chi connectivity index (χ0n) is 15.0. The van der Waals surface area contributed by atoms with Crippen LogP contribution in [0.5, 0.6) is 0 Å². The standard InChI is InChI=1S/C16H26N4O5S/c1-17-26(22,23)13-3-4-14(19-5-7-24-2)15(10-13)20-16(21)9-12-11-25-8-6-18-12/h3-4,10,12,17-19H,5-9,11H2,1-2H3,(H,20,21). The molecule has 1 amide bonds. The molecule has 1 aromatic rings. The fourth-order valence-corrected chi connectivity index (χ4v) is 3.29. The minimum Gasteiger partial charge on any atom is -0.383 e. The largest absolute Gasteiger partial charge is 0.383 e. The fourth-order valence-electron chi connectivity index (χ4n) is 2.53. The van der Waals surface area contributed by atoms with Gasteiger partial charge < -0.3 is 25.4 Å². The molecule has 0 radical (unpaired) electrons. The number of sulfonamides is 1. The van der Waals surface area contributed by atoms with Crippen molar-refractivity contribution in [2.24, 2.45) is 0 Å². The summed E-state index contributed by atoms with van der Waals surface area (Å²) in [6.07, 6.45) is 0.237. The highest BCUT2D eigenvalue weighted by Crippen LogP contribution is 2.26. The lowest BCUT2D eigenvalue weighted by Gasteiger charge is -2.23. The van der Waals surface area contributed by atoms with Crippen LogP contribution in [-0.2, 0) is 24.3 Å². The molecule has 1 unspecified atom stereocenters. The molecular formula is C16H26N4O5S. The van der Waals surface area contributed by atoms with Gasteiger partial charge in [-0.1, -0.05) is 0 Å². The van der Waals surface area contributed by atoms with Crippen LogP contribution in [0.4, 0.5) is 11.4 Å². The van der Waals surface area contributed by atoms with Crippen LogP contribution in [0.2, 0.25) is 0 Å². The van der Waals surface area contributed by atoms with Gasteiger partial charge in [0.1, 0.15) is 0 Å². The summed E-state index contributed by atoms with van der Waals surface area (Å²) in [6, 6.07) is 4.48. The van der Waals surface area contributed by atoms with Crippen molar-refractivity contribution < 1.29 is 22.7 Å². The van der Waals surface area contributed by atoms with Crippen LogP contribution in [0.3, 0.4) is 0 Å². The smallest absolute Gasteiger partial charge is 0.240 e. The predicted octanol–water partition coefficient (Wildman–Crippen LogP) is -0.0300. The van der Waals surface area contributed by atoms with E-state index in [0.717, 1.165) is 0 Å². The summed E-state index contributed by atoms with van der Waals surface area (Å²) in [6.45, 7) is 2.82. The summed E-state index contributed by atoms with van der Waals surface area (Å²) in [4.78, 5) is 12.4. The van der Waals surface area contributed by atoms with Gasteiger partial charge in [-0.2, -0.15) is 0 Å². The molecule has 9 nitrogen and oxygen atoms in total. The molecule has 1 aliphatic heterocycles. The topological polar surface area (TPSA) is 118 Å². The average Bonchev–Trinajstić information content (AvgIpc) is 2.63. The molecule has 1 aromatic carbocycles. The maximum Gasteiger partial charge on any atom is 0.240 e. The Bertz CT molecular complexity index is 705. The number of benzene rings is 1. The molecule has 1 saturated heterocycles. The van der Waals surface area contributed by atoms with Crippen LogP contribution in [0, 0.1) is 0 Å². The number of carbonyl (C=O) groups is 1. The van der Waals surface area contributed by atoms with E-state index >= 15 is 0 Å². The minimum atomic E-state index is -3.61. The van der Waals surface area contributed by atoms with Gasteiger partial charge in [0.15, 0.2) is 0 Å². The number of carbonyl (C=O) groups excluding carboxylic acids is 1. The number of hydrogen-bond acceptors (Lipinski definition) is 7. The minimum absolute atomic E-state index is 0.0575. The molecule has 1 aliphatic rings. The van der Waals surface area contributed by atoms with E-state index in [0.29, 0.717) is 44.3 Å². The zero-order chi connectivity index (χ0) is 19.0. The Morgan fingerprint density at radius 3 is 2.85 bits per heavy atom. The molecule has 0 spiro atoms. The molecule has 1 heterocycles. The number of methoxy groups -OCH3 is 1. The summed E-state index contributed by atoms with van der Waals surface area (Å²) in [5.74, 6) is -0.221. The first kappa shape index (κ1) is 20.6. The Labute approximate surface area is 153 Å². The van der Waals surface area contributed by atoms with Crippen LogP contribution in [-0.4, -0.2) is 67.4 Å². The Morgan fingerprint density at radius 2 is 2.19 bits per heavy atom. The summed E-state index contributed by atoms with van der Waals surface area (Å²) >= 11 is 0. The SMILES string of the molecule is CNS(=O)(=O)c1ccc(NCCOC)c(NC(=O)CC2COCCN2)c1. The molecule has 146 valence electrons. The van der Waals surface area contributed by atoms with Crippen molar-refractivity contribution in [2.45, 2.75) is 17.4 Å². The third-order valence-electron chi connectivity index (χ3n) is 3.90. The monoisotopic (exact) mass is 386 g/mol.